The normalized spacial score (nSPS) is 10.8. The Labute approximate surface area is 137 Å². The van der Waals surface area contributed by atoms with Crippen LogP contribution in [0, 0.1) is 20.2 Å². The van der Waals surface area contributed by atoms with Gasteiger partial charge in [0.05, 0.1) is 27.4 Å². The summed E-state index contributed by atoms with van der Waals surface area (Å²) in [6, 6.07) is 5.55. The van der Waals surface area contributed by atoms with Gasteiger partial charge in [-0.3, -0.25) is 25.0 Å². The molecule has 3 rings (SSSR count). The largest absolute Gasteiger partial charge is 0.426 e. The van der Waals surface area contributed by atoms with Crippen LogP contribution in [0.3, 0.4) is 0 Å². The molecule has 0 fully saturated rings. The molecule has 0 saturated carbocycles. The molecule has 0 saturated heterocycles. The van der Waals surface area contributed by atoms with Crippen LogP contribution in [-0.4, -0.2) is 15.8 Å². The number of hydrogen-bond donors (Lipinski definition) is 0. The number of rotatable bonds is 3. The lowest BCUT2D eigenvalue weighted by Gasteiger charge is -2.08. The summed E-state index contributed by atoms with van der Waals surface area (Å²) in [6.45, 7) is 1.10. The third kappa shape index (κ3) is 2.76. The van der Waals surface area contributed by atoms with Crippen molar-refractivity contribution in [3.05, 3.63) is 61.0 Å². The maximum absolute atomic E-state index is 12.2. The van der Waals surface area contributed by atoms with Gasteiger partial charge < -0.3 is 9.15 Å². The van der Waals surface area contributed by atoms with Gasteiger partial charge in [-0.2, -0.15) is 0 Å². The number of esters is 1. The Morgan fingerprint density at radius 2 is 1.72 bits per heavy atom. The average molecular weight is 344 g/mol. The first kappa shape index (κ1) is 16.1. The molecule has 0 aliphatic carbocycles. The fourth-order valence-electron chi connectivity index (χ4n) is 2.45. The van der Waals surface area contributed by atoms with Crippen molar-refractivity contribution in [3.8, 4) is 5.75 Å². The Kier molecular flexibility index (Phi) is 3.64. The van der Waals surface area contributed by atoms with Gasteiger partial charge in [0.15, 0.2) is 0 Å². The number of nitrogens with zero attached hydrogens (tertiary/aromatic N) is 2. The minimum atomic E-state index is -0.944. The number of nitro groups is 2. The molecule has 0 N–H and O–H groups in total. The van der Waals surface area contributed by atoms with Crippen LogP contribution >= 0.6 is 0 Å². The molecule has 0 aliphatic rings. The first-order valence-corrected chi connectivity index (χ1v) is 6.79. The number of fused-ring (bicyclic) bond motifs is 3. The smallest absolute Gasteiger partial charge is 0.344 e. The second-order valence-electron chi connectivity index (χ2n) is 5.04. The second-order valence-corrected chi connectivity index (χ2v) is 5.04. The number of hydrogen-bond acceptors (Lipinski definition) is 8. The Hall–Kier alpha value is -3.82. The van der Waals surface area contributed by atoms with Crippen molar-refractivity contribution < 1.29 is 23.8 Å². The van der Waals surface area contributed by atoms with Crippen LogP contribution in [0.5, 0.6) is 5.75 Å². The van der Waals surface area contributed by atoms with E-state index in [1.165, 1.54) is 12.1 Å². The van der Waals surface area contributed by atoms with Gasteiger partial charge in [-0.05, 0) is 6.07 Å². The van der Waals surface area contributed by atoms with E-state index < -0.39 is 27.1 Å². The highest BCUT2D eigenvalue weighted by molar-refractivity contribution is 6.09. The van der Waals surface area contributed by atoms with Gasteiger partial charge in [0.1, 0.15) is 11.3 Å². The van der Waals surface area contributed by atoms with Crippen LogP contribution < -0.4 is 10.4 Å². The highest BCUT2D eigenvalue weighted by atomic mass is 16.6. The van der Waals surface area contributed by atoms with Gasteiger partial charge in [0, 0.05) is 29.8 Å². The number of carbonyl (C=O) groups excluding carboxylic acids is 1. The van der Waals surface area contributed by atoms with E-state index >= 15 is 0 Å². The number of ether oxygens (including phenoxy) is 1. The molecule has 3 aromatic rings. The zero-order chi connectivity index (χ0) is 18.3. The van der Waals surface area contributed by atoms with Gasteiger partial charge in [0.2, 0.25) is 0 Å². The molecule has 0 aliphatic heterocycles. The summed E-state index contributed by atoms with van der Waals surface area (Å²) in [5.41, 5.74) is -1.81. The maximum atomic E-state index is 12.2. The van der Waals surface area contributed by atoms with Gasteiger partial charge in [-0.15, -0.1) is 0 Å². The van der Waals surface area contributed by atoms with Crippen molar-refractivity contribution in [1.82, 2.24) is 0 Å². The predicted octanol–water partition coefficient (Wildman–Crippen LogP) is 2.69. The topological polar surface area (TPSA) is 143 Å². The predicted molar refractivity (Wildman–Crippen MR) is 84.6 cm³/mol. The molecule has 0 atom stereocenters. The van der Waals surface area contributed by atoms with Crippen LogP contribution in [0.1, 0.15) is 6.92 Å². The van der Waals surface area contributed by atoms with Crippen molar-refractivity contribution in [1.29, 1.82) is 0 Å². The number of benzene rings is 2. The van der Waals surface area contributed by atoms with Crippen molar-refractivity contribution in [3.63, 3.8) is 0 Å². The average Bonchev–Trinajstić information content (AvgIpc) is 2.53. The molecule has 0 bridgehead atoms. The van der Waals surface area contributed by atoms with Crippen LogP contribution in [0.4, 0.5) is 11.4 Å². The molecular formula is C15H8N2O8. The van der Waals surface area contributed by atoms with E-state index in [1.54, 1.807) is 0 Å². The zero-order valence-electron chi connectivity index (χ0n) is 12.5. The Balaban J connectivity index is 2.49. The quantitative estimate of drug-likeness (QED) is 0.176. The molecule has 0 radical (unpaired) electrons. The van der Waals surface area contributed by atoms with E-state index in [0.29, 0.717) is 0 Å². The first-order valence-electron chi connectivity index (χ1n) is 6.79. The molecule has 1 heterocycles. The summed E-state index contributed by atoms with van der Waals surface area (Å²) < 4.78 is 10.0. The van der Waals surface area contributed by atoms with Gasteiger partial charge in [-0.25, -0.2) is 4.79 Å². The number of non-ortho nitro benzene ring substituents is 2. The Morgan fingerprint density at radius 1 is 1.04 bits per heavy atom. The first-order chi connectivity index (χ1) is 11.8. The summed E-state index contributed by atoms with van der Waals surface area (Å²) in [4.78, 5) is 44.0. The lowest BCUT2D eigenvalue weighted by atomic mass is 10.1. The molecule has 0 amide bonds. The molecule has 10 heteroatoms. The van der Waals surface area contributed by atoms with E-state index in [0.717, 1.165) is 25.1 Å². The standard InChI is InChI=1S/C15H8N2O8/c1-7(18)24-13-6-9(17(22)23)4-11-14(13)10-3-2-8(16(20)21)5-12(10)25-15(11)19/h2-6H,1H3. The lowest BCUT2D eigenvalue weighted by molar-refractivity contribution is -0.385. The molecule has 0 unspecified atom stereocenters. The highest BCUT2D eigenvalue weighted by Gasteiger charge is 2.21. The van der Waals surface area contributed by atoms with Gasteiger partial charge >= 0.3 is 11.6 Å². The molecule has 10 nitrogen and oxygen atoms in total. The minimum Gasteiger partial charge on any atom is -0.426 e. The van der Waals surface area contributed by atoms with Crippen molar-refractivity contribution in [2.45, 2.75) is 6.92 Å². The van der Waals surface area contributed by atoms with Crippen molar-refractivity contribution in [2.24, 2.45) is 0 Å². The third-order valence-electron chi connectivity index (χ3n) is 3.42. The van der Waals surface area contributed by atoms with E-state index in [-0.39, 0.29) is 33.2 Å². The lowest BCUT2D eigenvalue weighted by Crippen LogP contribution is -2.06. The Bertz CT molecular complexity index is 1130. The maximum Gasteiger partial charge on any atom is 0.344 e. The molecule has 0 spiro atoms. The van der Waals surface area contributed by atoms with Crippen LogP contribution in [-0.2, 0) is 4.79 Å². The fourth-order valence-corrected chi connectivity index (χ4v) is 2.45. The van der Waals surface area contributed by atoms with E-state index in [9.17, 15) is 29.8 Å². The molecule has 1 aromatic heterocycles. The highest BCUT2D eigenvalue weighted by Crippen LogP contribution is 2.36. The summed E-state index contributed by atoms with van der Waals surface area (Å²) in [7, 11) is 0. The number of nitro benzene ring substituents is 2. The minimum absolute atomic E-state index is 0.0990. The van der Waals surface area contributed by atoms with E-state index in [4.69, 9.17) is 9.15 Å². The SMILES string of the molecule is CC(=O)Oc1cc([N+](=O)[O-])cc2c(=O)oc3cc([N+](=O)[O-])ccc3c12. The summed E-state index contributed by atoms with van der Waals surface area (Å²) in [6.07, 6.45) is 0. The van der Waals surface area contributed by atoms with E-state index in [2.05, 4.69) is 0 Å². The van der Waals surface area contributed by atoms with Gasteiger partial charge in [-0.1, -0.05) is 0 Å². The van der Waals surface area contributed by atoms with Crippen molar-refractivity contribution >= 4 is 39.1 Å². The molecular weight excluding hydrogens is 336 g/mol. The van der Waals surface area contributed by atoms with Crippen LogP contribution in [0.15, 0.2) is 39.5 Å². The van der Waals surface area contributed by atoms with Gasteiger partial charge in [0.25, 0.3) is 11.4 Å². The molecule has 126 valence electrons. The van der Waals surface area contributed by atoms with Crippen LogP contribution in [0.25, 0.3) is 21.7 Å². The second kappa shape index (κ2) is 5.67. The molecule has 2 aromatic carbocycles. The summed E-state index contributed by atoms with van der Waals surface area (Å²) >= 11 is 0. The zero-order valence-corrected chi connectivity index (χ0v) is 12.5. The number of carbonyl (C=O) groups is 1. The third-order valence-corrected chi connectivity index (χ3v) is 3.42. The van der Waals surface area contributed by atoms with E-state index in [1.807, 2.05) is 0 Å². The summed E-state index contributed by atoms with van der Waals surface area (Å²) in [5, 5.41) is 22.1. The van der Waals surface area contributed by atoms with Crippen LogP contribution in [0.2, 0.25) is 0 Å². The molecule has 25 heavy (non-hydrogen) atoms. The van der Waals surface area contributed by atoms with Crippen molar-refractivity contribution in [2.75, 3.05) is 0 Å². The Morgan fingerprint density at radius 3 is 2.32 bits per heavy atom. The monoisotopic (exact) mass is 344 g/mol. The summed E-state index contributed by atoms with van der Waals surface area (Å²) in [5.74, 6) is -0.950. The fraction of sp³-hybridized carbons (Fsp3) is 0.0667.